The van der Waals surface area contributed by atoms with Gasteiger partial charge in [-0.05, 0) is 37.0 Å². The lowest BCUT2D eigenvalue weighted by molar-refractivity contribution is -0.123. The third-order valence-corrected chi connectivity index (χ3v) is 5.99. The van der Waals surface area contributed by atoms with Crippen molar-refractivity contribution in [1.82, 2.24) is 15.1 Å². The number of rotatable bonds is 4. The number of aromatic nitrogens is 2. The molecule has 0 saturated heterocycles. The molecule has 0 bridgehead atoms. The van der Waals surface area contributed by atoms with Crippen LogP contribution in [0.15, 0.2) is 53.3 Å². The minimum Gasteiger partial charge on any atom is -0.351 e. The van der Waals surface area contributed by atoms with Crippen LogP contribution >= 0.6 is 11.6 Å². The Morgan fingerprint density at radius 3 is 2.52 bits per heavy atom. The number of carbonyl (C=O) groups excluding carboxylic acids is 1. The van der Waals surface area contributed by atoms with Gasteiger partial charge in [0.2, 0.25) is 5.91 Å². The number of nitrogens with one attached hydrogen (secondary N) is 1. The molecule has 1 saturated carbocycles. The van der Waals surface area contributed by atoms with E-state index in [1.165, 1.54) is 11.1 Å². The molecule has 1 amide bonds. The first kappa shape index (κ1) is 19.6. The molecule has 2 unspecified atom stereocenters. The Morgan fingerprint density at radius 2 is 1.79 bits per heavy atom. The maximum atomic E-state index is 13.0. The maximum absolute atomic E-state index is 13.0. The number of benzene rings is 2. The van der Waals surface area contributed by atoms with Crippen LogP contribution in [0.5, 0.6) is 0 Å². The molecule has 0 spiro atoms. The zero-order chi connectivity index (χ0) is 20.4. The molecule has 3 aromatic rings. The molecule has 1 aliphatic carbocycles. The van der Waals surface area contributed by atoms with E-state index in [0.717, 1.165) is 30.2 Å². The Bertz CT molecular complexity index is 1090. The highest BCUT2D eigenvalue weighted by molar-refractivity contribution is 6.30. The van der Waals surface area contributed by atoms with Gasteiger partial charge in [0.15, 0.2) is 0 Å². The summed E-state index contributed by atoms with van der Waals surface area (Å²) in [5, 5.41) is 9.60. The molecule has 5 nitrogen and oxygen atoms in total. The maximum Gasteiger partial charge on any atom is 0.275 e. The lowest BCUT2D eigenvalue weighted by atomic mass is 9.86. The van der Waals surface area contributed by atoms with Crippen LogP contribution in [0.2, 0.25) is 5.02 Å². The third-order valence-electron chi connectivity index (χ3n) is 5.74. The Hall–Kier alpha value is -2.66. The van der Waals surface area contributed by atoms with Gasteiger partial charge in [-0.15, -0.1) is 0 Å². The zero-order valence-corrected chi connectivity index (χ0v) is 17.2. The van der Waals surface area contributed by atoms with Crippen LogP contribution in [0.3, 0.4) is 0 Å². The van der Waals surface area contributed by atoms with Gasteiger partial charge in [-0.3, -0.25) is 9.59 Å². The molecule has 1 fully saturated rings. The lowest BCUT2D eigenvalue weighted by Crippen LogP contribution is -2.43. The fourth-order valence-electron chi connectivity index (χ4n) is 4.08. The molecule has 2 aromatic carbocycles. The number of hydrogen-bond donors (Lipinski definition) is 1. The molecular formula is C23H24ClN3O2. The molecule has 150 valence electrons. The van der Waals surface area contributed by atoms with E-state index in [2.05, 4.69) is 17.3 Å². The van der Waals surface area contributed by atoms with Gasteiger partial charge in [0.1, 0.15) is 6.54 Å². The minimum atomic E-state index is -0.259. The van der Waals surface area contributed by atoms with E-state index in [4.69, 9.17) is 11.6 Å². The number of hydrogen-bond acceptors (Lipinski definition) is 3. The summed E-state index contributed by atoms with van der Waals surface area (Å²) >= 11 is 6.02. The van der Waals surface area contributed by atoms with Crippen LogP contribution in [0.25, 0.3) is 22.0 Å². The molecule has 29 heavy (non-hydrogen) atoms. The van der Waals surface area contributed by atoms with Crippen molar-refractivity contribution in [1.29, 1.82) is 0 Å². The summed E-state index contributed by atoms with van der Waals surface area (Å²) < 4.78 is 1.27. The largest absolute Gasteiger partial charge is 0.351 e. The second kappa shape index (κ2) is 8.37. The van der Waals surface area contributed by atoms with Gasteiger partial charge in [0.05, 0.1) is 11.1 Å². The fourth-order valence-corrected chi connectivity index (χ4v) is 4.21. The first-order valence-electron chi connectivity index (χ1n) is 10.1. The number of carbonyl (C=O) groups is 1. The standard InChI is InChI=1S/C23H24ClN3O2/c1-15-6-2-5-9-20(15)25-21(28)14-27-23(29)19-8-4-3-7-18(19)22(26-27)16-10-12-17(24)13-11-16/h3-4,7-8,10-13,15,20H,2,5-6,9,14H2,1H3,(H,25,28). The zero-order valence-electron chi connectivity index (χ0n) is 16.4. The summed E-state index contributed by atoms with van der Waals surface area (Å²) in [6, 6.07) is 14.8. The van der Waals surface area contributed by atoms with E-state index in [1.807, 2.05) is 30.3 Å². The summed E-state index contributed by atoms with van der Waals surface area (Å²) in [5.41, 5.74) is 1.25. The van der Waals surface area contributed by atoms with E-state index in [1.54, 1.807) is 18.2 Å². The van der Waals surface area contributed by atoms with Gasteiger partial charge in [-0.25, -0.2) is 4.68 Å². The van der Waals surface area contributed by atoms with Crippen molar-refractivity contribution in [3.05, 3.63) is 63.9 Å². The van der Waals surface area contributed by atoms with Gasteiger partial charge >= 0.3 is 0 Å². The minimum absolute atomic E-state index is 0.0898. The number of fused-ring (bicyclic) bond motifs is 1. The summed E-state index contributed by atoms with van der Waals surface area (Å²) in [6.07, 6.45) is 4.46. The summed E-state index contributed by atoms with van der Waals surface area (Å²) in [7, 11) is 0. The Balaban J connectivity index is 1.69. The van der Waals surface area contributed by atoms with Crippen molar-refractivity contribution in [2.45, 2.75) is 45.2 Å². The molecule has 0 radical (unpaired) electrons. The highest BCUT2D eigenvalue weighted by atomic mass is 35.5. The van der Waals surface area contributed by atoms with Crippen molar-refractivity contribution in [3.63, 3.8) is 0 Å². The first-order chi connectivity index (χ1) is 14.0. The van der Waals surface area contributed by atoms with E-state index < -0.39 is 0 Å². The molecule has 4 rings (SSSR count). The quantitative estimate of drug-likeness (QED) is 0.694. The van der Waals surface area contributed by atoms with Crippen LogP contribution in [-0.2, 0) is 11.3 Å². The van der Waals surface area contributed by atoms with Crippen molar-refractivity contribution in [2.75, 3.05) is 0 Å². The van der Waals surface area contributed by atoms with E-state index >= 15 is 0 Å². The fraction of sp³-hybridized carbons (Fsp3) is 0.348. The normalized spacial score (nSPS) is 19.2. The van der Waals surface area contributed by atoms with Crippen LogP contribution < -0.4 is 10.9 Å². The van der Waals surface area contributed by atoms with Gasteiger partial charge in [-0.1, -0.05) is 61.7 Å². The smallest absolute Gasteiger partial charge is 0.275 e. The lowest BCUT2D eigenvalue weighted by Gasteiger charge is -2.29. The van der Waals surface area contributed by atoms with Gasteiger partial charge in [0, 0.05) is 22.0 Å². The third kappa shape index (κ3) is 4.20. The highest BCUT2D eigenvalue weighted by Crippen LogP contribution is 2.26. The van der Waals surface area contributed by atoms with Gasteiger partial charge < -0.3 is 5.32 Å². The molecule has 6 heteroatoms. The van der Waals surface area contributed by atoms with Crippen LogP contribution in [0.4, 0.5) is 0 Å². The molecular weight excluding hydrogens is 386 g/mol. The molecule has 1 aliphatic rings. The van der Waals surface area contributed by atoms with Crippen molar-refractivity contribution in [3.8, 4) is 11.3 Å². The van der Waals surface area contributed by atoms with Crippen molar-refractivity contribution in [2.24, 2.45) is 5.92 Å². The van der Waals surface area contributed by atoms with Gasteiger partial charge in [0.25, 0.3) is 5.56 Å². The SMILES string of the molecule is CC1CCCCC1NC(=O)Cn1nc(-c2ccc(Cl)cc2)c2ccccc2c1=O. The average Bonchev–Trinajstić information content (AvgIpc) is 2.73. The predicted molar refractivity (Wildman–Crippen MR) is 116 cm³/mol. The number of halogens is 1. The summed E-state index contributed by atoms with van der Waals surface area (Å²) in [4.78, 5) is 25.6. The Morgan fingerprint density at radius 1 is 1.10 bits per heavy atom. The van der Waals surface area contributed by atoms with Crippen molar-refractivity contribution >= 4 is 28.3 Å². The Labute approximate surface area is 174 Å². The van der Waals surface area contributed by atoms with Crippen LogP contribution in [-0.4, -0.2) is 21.7 Å². The summed E-state index contributed by atoms with van der Waals surface area (Å²) in [6.45, 7) is 2.08. The van der Waals surface area contributed by atoms with E-state index in [0.29, 0.717) is 22.0 Å². The average molecular weight is 410 g/mol. The molecule has 1 N–H and O–H groups in total. The van der Waals surface area contributed by atoms with E-state index in [-0.39, 0.29) is 24.1 Å². The number of nitrogens with zero attached hydrogens (tertiary/aromatic N) is 2. The molecule has 1 aromatic heterocycles. The monoisotopic (exact) mass is 409 g/mol. The molecule has 1 heterocycles. The molecule has 0 aliphatic heterocycles. The van der Waals surface area contributed by atoms with Crippen LogP contribution in [0, 0.1) is 5.92 Å². The predicted octanol–water partition coefficient (Wildman–Crippen LogP) is 4.41. The number of amides is 1. The molecule has 2 atom stereocenters. The van der Waals surface area contributed by atoms with Crippen LogP contribution in [0.1, 0.15) is 32.6 Å². The van der Waals surface area contributed by atoms with Crippen molar-refractivity contribution < 1.29 is 4.79 Å². The second-order valence-corrected chi connectivity index (χ2v) is 8.24. The second-order valence-electron chi connectivity index (χ2n) is 7.80. The topological polar surface area (TPSA) is 64.0 Å². The van der Waals surface area contributed by atoms with Gasteiger partial charge in [-0.2, -0.15) is 5.10 Å². The highest BCUT2D eigenvalue weighted by Gasteiger charge is 2.23. The first-order valence-corrected chi connectivity index (χ1v) is 10.5. The Kier molecular flexibility index (Phi) is 5.67. The summed E-state index contributed by atoms with van der Waals surface area (Å²) in [5.74, 6) is 0.286. The van der Waals surface area contributed by atoms with E-state index in [9.17, 15) is 9.59 Å².